The van der Waals surface area contributed by atoms with Crippen molar-refractivity contribution in [1.82, 2.24) is 10.6 Å². The van der Waals surface area contributed by atoms with Gasteiger partial charge in [-0.2, -0.15) is 0 Å². The molecule has 3 N–H and O–H groups in total. The quantitative estimate of drug-likeness (QED) is 0.326. The molecule has 0 saturated carbocycles. The van der Waals surface area contributed by atoms with E-state index in [0.29, 0.717) is 17.1 Å². The lowest BCUT2D eigenvalue weighted by Gasteiger charge is -2.28. The van der Waals surface area contributed by atoms with Crippen molar-refractivity contribution in [3.63, 3.8) is 0 Å². The van der Waals surface area contributed by atoms with Crippen molar-refractivity contribution in [3.05, 3.63) is 53.6 Å². The minimum Gasteiger partial charge on any atom is -0.493 e. The number of rotatable bonds is 6. The molecule has 0 saturated heterocycles. The number of thiocarbonyl (C=S) groups is 1. The van der Waals surface area contributed by atoms with Crippen molar-refractivity contribution in [1.29, 1.82) is 0 Å². The Hall–Kier alpha value is -1.93. The van der Waals surface area contributed by atoms with Gasteiger partial charge in [-0.1, -0.05) is 46.9 Å². The van der Waals surface area contributed by atoms with Gasteiger partial charge in [0.2, 0.25) is 3.79 Å². The van der Waals surface area contributed by atoms with Crippen LogP contribution in [0.1, 0.15) is 15.9 Å². The topological polar surface area (TPSA) is 71.6 Å². The maximum Gasteiger partial charge on any atom is 0.253 e. The van der Waals surface area contributed by atoms with E-state index in [1.807, 2.05) is 31.2 Å². The number of aryl methyl sites for hydroxylation is 1. The average molecular weight is 477 g/mol. The first kappa shape index (κ1) is 23.3. The fourth-order valence-electron chi connectivity index (χ4n) is 2.41. The number of carbonyl (C=O) groups is 1. The van der Waals surface area contributed by atoms with Gasteiger partial charge in [0.1, 0.15) is 6.17 Å². The molecule has 2 aromatic carbocycles. The molecule has 2 rings (SSSR count). The molecule has 10 heteroatoms. The molecule has 1 amide bonds. The van der Waals surface area contributed by atoms with Crippen LogP contribution < -0.4 is 25.4 Å². The van der Waals surface area contributed by atoms with Crippen LogP contribution in [0.4, 0.5) is 5.69 Å². The predicted molar refractivity (Wildman–Crippen MR) is 122 cm³/mol. The van der Waals surface area contributed by atoms with Gasteiger partial charge in [-0.25, -0.2) is 0 Å². The Morgan fingerprint density at radius 2 is 1.72 bits per heavy atom. The van der Waals surface area contributed by atoms with Crippen molar-refractivity contribution in [2.45, 2.75) is 16.9 Å². The molecule has 29 heavy (non-hydrogen) atoms. The van der Waals surface area contributed by atoms with E-state index < -0.39 is 15.9 Å². The zero-order valence-electron chi connectivity index (χ0n) is 15.9. The molecule has 0 aliphatic carbocycles. The Labute approximate surface area is 189 Å². The number of benzene rings is 2. The molecule has 1 atom stereocenters. The Bertz CT molecular complexity index is 890. The number of methoxy groups -OCH3 is 2. The molecule has 0 radical (unpaired) electrons. The summed E-state index contributed by atoms with van der Waals surface area (Å²) in [6, 6.07) is 12.3. The van der Waals surface area contributed by atoms with Gasteiger partial charge in [0.05, 0.1) is 14.2 Å². The maximum absolute atomic E-state index is 12.7. The number of alkyl halides is 3. The predicted octanol–water partition coefficient (Wildman–Crippen LogP) is 4.42. The number of anilines is 1. The first-order chi connectivity index (χ1) is 13.6. The lowest BCUT2D eigenvalue weighted by atomic mass is 10.2. The van der Waals surface area contributed by atoms with Crippen molar-refractivity contribution >= 4 is 63.7 Å². The first-order valence-corrected chi connectivity index (χ1v) is 9.92. The minimum atomic E-state index is -1.87. The Morgan fingerprint density at radius 1 is 1.03 bits per heavy atom. The van der Waals surface area contributed by atoms with Crippen LogP contribution in [-0.4, -0.2) is 35.2 Å². The van der Waals surface area contributed by atoms with E-state index >= 15 is 0 Å². The molecule has 2 aromatic rings. The molecule has 0 bridgehead atoms. The van der Waals surface area contributed by atoms with E-state index in [-0.39, 0.29) is 5.11 Å². The third kappa shape index (κ3) is 6.82. The third-order valence-corrected chi connectivity index (χ3v) is 4.67. The van der Waals surface area contributed by atoms with Crippen LogP contribution in [-0.2, 0) is 0 Å². The highest BCUT2D eigenvalue weighted by Crippen LogP contribution is 2.30. The highest BCUT2D eigenvalue weighted by atomic mass is 35.6. The van der Waals surface area contributed by atoms with Gasteiger partial charge in [-0.3, -0.25) is 4.79 Å². The van der Waals surface area contributed by atoms with Crippen LogP contribution >= 0.6 is 47.0 Å². The summed E-state index contributed by atoms with van der Waals surface area (Å²) in [4.78, 5) is 12.7. The fourth-order valence-corrected chi connectivity index (χ4v) is 2.98. The number of carbonyl (C=O) groups excluding carboxylic acids is 1. The largest absolute Gasteiger partial charge is 0.493 e. The van der Waals surface area contributed by atoms with Gasteiger partial charge in [0.25, 0.3) is 5.91 Å². The van der Waals surface area contributed by atoms with E-state index in [4.69, 9.17) is 56.5 Å². The monoisotopic (exact) mass is 475 g/mol. The molecule has 0 aromatic heterocycles. The summed E-state index contributed by atoms with van der Waals surface area (Å²) in [5, 5.41) is 8.60. The summed E-state index contributed by atoms with van der Waals surface area (Å²) < 4.78 is 8.51. The van der Waals surface area contributed by atoms with Crippen LogP contribution in [0.3, 0.4) is 0 Å². The van der Waals surface area contributed by atoms with E-state index in [9.17, 15) is 4.79 Å². The van der Waals surface area contributed by atoms with Gasteiger partial charge in [0, 0.05) is 11.3 Å². The summed E-state index contributed by atoms with van der Waals surface area (Å²) in [6.45, 7) is 1.95. The van der Waals surface area contributed by atoms with Crippen molar-refractivity contribution in [3.8, 4) is 11.5 Å². The van der Waals surface area contributed by atoms with Gasteiger partial charge in [-0.15, -0.1) is 0 Å². The number of amides is 1. The normalized spacial score (nSPS) is 11.9. The van der Waals surface area contributed by atoms with Crippen LogP contribution in [0.5, 0.6) is 11.5 Å². The first-order valence-electron chi connectivity index (χ1n) is 8.38. The fraction of sp³-hybridized carbons (Fsp3) is 0.263. The summed E-state index contributed by atoms with van der Waals surface area (Å²) in [5.74, 6) is 0.395. The smallest absolute Gasteiger partial charge is 0.253 e. The molecule has 0 unspecified atom stereocenters. The molecule has 0 heterocycles. The number of ether oxygens (including phenoxy) is 2. The number of hydrogen-bond donors (Lipinski definition) is 3. The van der Waals surface area contributed by atoms with Crippen molar-refractivity contribution in [2.75, 3.05) is 19.5 Å². The SMILES string of the molecule is COc1ccc(C(=O)N[C@@H](NC(=S)Nc2cccc(C)c2)C(Cl)(Cl)Cl)cc1OC. The Kier molecular flexibility index (Phi) is 8.22. The highest BCUT2D eigenvalue weighted by Gasteiger charge is 2.35. The number of hydrogen-bond acceptors (Lipinski definition) is 4. The zero-order chi connectivity index (χ0) is 21.6. The molecule has 156 valence electrons. The molecule has 6 nitrogen and oxygen atoms in total. The zero-order valence-corrected chi connectivity index (χ0v) is 19.0. The van der Waals surface area contributed by atoms with Crippen LogP contribution in [0.15, 0.2) is 42.5 Å². The summed E-state index contributed by atoms with van der Waals surface area (Å²) in [6.07, 6.45) is -1.10. The van der Waals surface area contributed by atoms with Gasteiger partial charge in [0.15, 0.2) is 16.6 Å². The molecule has 0 aliphatic rings. The third-order valence-electron chi connectivity index (χ3n) is 3.80. The molecule has 0 aliphatic heterocycles. The second-order valence-corrected chi connectivity index (χ2v) is 8.76. The van der Waals surface area contributed by atoms with E-state index in [2.05, 4.69) is 16.0 Å². The number of nitrogens with one attached hydrogen (secondary N) is 3. The van der Waals surface area contributed by atoms with Crippen LogP contribution in [0, 0.1) is 6.92 Å². The summed E-state index contributed by atoms with van der Waals surface area (Å²) >= 11 is 23.4. The Balaban J connectivity index is 2.12. The summed E-state index contributed by atoms with van der Waals surface area (Å²) in [5.41, 5.74) is 2.11. The second-order valence-electron chi connectivity index (χ2n) is 5.99. The second kappa shape index (κ2) is 10.2. The average Bonchev–Trinajstić information content (AvgIpc) is 2.66. The van der Waals surface area contributed by atoms with Crippen LogP contribution in [0.25, 0.3) is 0 Å². The molecular formula is C19H20Cl3N3O3S. The molecule has 0 fully saturated rings. The number of halogens is 3. The van der Waals surface area contributed by atoms with E-state index in [1.54, 1.807) is 12.1 Å². The van der Waals surface area contributed by atoms with E-state index in [1.165, 1.54) is 20.3 Å². The summed E-state index contributed by atoms with van der Waals surface area (Å²) in [7, 11) is 2.98. The van der Waals surface area contributed by atoms with Crippen LogP contribution in [0.2, 0.25) is 0 Å². The van der Waals surface area contributed by atoms with E-state index in [0.717, 1.165) is 11.3 Å². The highest BCUT2D eigenvalue weighted by molar-refractivity contribution is 7.80. The molecule has 0 spiro atoms. The standard InChI is InChI=1S/C19H20Cl3N3O3S/c1-11-5-4-6-13(9-11)23-18(29)25-17(19(20,21)22)24-16(26)12-7-8-14(27-2)15(10-12)28-3/h4-10,17H,1-3H3,(H,24,26)(H2,23,25,29)/t17-/m0/s1. The van der Waals surface area contributed by atoms with Gasteiger partial charge < -0.3 is 25.4 Å². The maximum atomic E-state index is 12.7. The van der Waals surface area contributed by atoms with Crippen molar-refractivity contribution in [2.24, 2.45) is 0 Å². The molecular weight excluding hydrogens is 457 g/mol. The van der Waals surface area contributed by atoms with Gasteiger partial charge in [-0.05, 0) is 55.0 Å². The lowest BCUT2D eigenvalue weighted by molar-refractivity contribution is 0.0934. The minimum absolute atomic E-state index is 0.180. The Morgan fingerprint density at radius 3 is 2.31 bits per heavy atom. The van der Waals surface area contributed by atoms with Gasteiger partial charge >= 0.3 is 0 Å². The van der Waals surface area contributed by atoms with Crippen molar-refractivity contribution < 1.29 is 14.3 Å². The lowest BCUT2D eigenvalue weighted by Crippen LogP contribution is -2.56.